The molecule has 2 saturated carbocycles. The van der Waals surface area contributed by atoms with Gasteiger partial charge in [-0.3, -0.25) is 9.78 Å². The second-order valence-electron chi connectivity index (χ2n) is 8.92. The molecule has 3 fully saturated rings. The Morgan fingerprint density at radius 3 is 2.77 bits per heavy atom. The van der Waals surface area contributed by atoms with Crippen molar-refractivity contribution in [1.82, 2.24) is 20.3 Å². The standard InChI is InChI=1S/C23H29N5O3/c1-30-22-4-2-3-18(26-22)23(29)27-19-9-16-12-28(21-11-24-7-8-25-21)13-17(16)10-20(19)31-14-15-5-6-15/h2-4,7-8,11,15-17,19-20H,5-6,9-10,12-14H2,1H3,(H,27,29)/t16-,17+,19-,20-/m0/s1. The Kier molecular flexibility index (Phi) is 5.72. The highest BCUT2D eigenvalue weighted by Gasteiger charge is 2.44. The van der Waals surface area contributed by atoms with E-state index >= 15 is 0 Å². The lowest BCUT2D eigenvalue weighted by atomic mass is 9.77. The van der Waals surface area contributed by atoms with Crippen LogP contribution in [0.1, 0.15) is 36.2 Å². The van der Waals surface area contributed by atoms with Gasteiger partial charge in [0.25, 0.3) is 5.91 Å². The van der Waals surface area contributed by atoms with Crippen LogP contribution in [0.4, 0.5) is 5.82 Å². The Hall–Kier alpha value is -2.74. The molecule has 0 aromatic carbocycles. The monoisotopic (exact) mass is 423 g/mol. The number of nitrogens with one attached hydrogen (secondary N) is 1. The summed E-state index contributed by atoms with van der Waals surface area (Å²) in [4.78, 5) is 28.2. The summed E-state index contributed by atoms with van der Waals surface area (Å²) in [6.07, 6.45) is 9.64. The number of hydrogen-bond acceptors (Lipinski definition) is 7. The molecule has 3 aliphatic rings. The van der Waals surface area contributed by atoms with Gasteiger partial charge in [-0.15, -0.1) is 0 Å². The van der Waals surface area contributed by atoms with Gasteiger partial charge in [-0.1, -0.05) is 6.07 Å². The molecule has 1 amide bonds. The van der Waals surface area contributed by atoms with Crippen LogP contribution < -0.4 is 15.0 Å². The first-order chi connectivity index (χ1) is 15.2. The number of hydrogen-bond donors (Lipinski definition) is 1. The maximum absolute atomic E-state index is 12.9. The van der Waals surface area contributed by atoms with Gasteiger partial charge in [-0.05, 0) is 49.5 Å². The minimum Gasteiger partial charge on any atom is -0.481 e. The van der Waals surface area contributed by atoms with Crippen molar-refractivity contribution in [2.45, 2.75) is 37.8 Å². The summed E-state index contributed by atoms with van der Waals surface area (Å²) in [7, 11) is 1.55. The number of carbonyl (C=O) groups is 1. The van der Waals surface area contributed by atoms with E-state index in [1.165, 1.54) is 12.8 Å². The number of anilines is 1. The highest BCUT2D eigenvalue weighted by molar-refractivity contribution is 5.92. The number of carbonyl (C=O) groups excluding carboxylic acids is 1. The molecule has 0 spiro atoms. The molecule has 5 rings (SSSR count). The minimum atomic E-state index is -0.175. The average molecular weight is 424 g/mol. The van der Waals surface area contributed by atoms with Crippen molar-refractivity contribution in [3.8, 4) is 5.88 Å². The van der Waals surface area contributed by atoms with E-state index in [2.05, 4.69) is 25.2 Å². The van der Waals surface area contributed by atoms with Crippen molar-refractivity contribution in [3.05, 3.63) is 42.5 Å². The Morgan fingerprint density at radius 1 is 1.19 bits per heavy atom. The van der Waals surface area contributed by atoms with Crippen LogP contribution in [0.5, 0.6) is 5.88 Å². The highest BCUT2D eigenvalue weighted by Crippen LogP contribution is 2.40. The van der Waals surface area contributed by atoms with E-state index in [1.807, 2.05) is 6.20 Å². The van der Waals surface area contributed by atoms with E-state index in [9.17, 15) is 4.79 Å². The fraction of sp³-hybridized carbons (Fsp3) is 0.565. The molecule has 8 nitrogen and oxygen atoms in total. The molecule has 164 valence electrons. The fourth-order valence-electron chi connectivity index (χ4n) is 4.83. The van der Waals surface area contributed by atoms with Crippen molar-refractivity contribution in [2.75, 3.05) is 31.7 Å². The second-order valence-corrected chi connectivity index (χ2v) is 8.92. The van der Waals surface area contributed by atoms with Crippen molar-refractivity contribution in [2.24, 2.45) is 17.8 Å². The van der Waals surface area contributed by atoms with E-state index < -0.39 is 0 Å². The summed E-state index contributed by atoms with van der Waals surface area (Å²) in [5.41, 5.74) is 0.370. The lowest BCUT2D eigenvalue weighted by Gasteiger charge is -2.38. The third-order valence-electron chi connectivity index (χ3n) is 6.72. The molecule has 1 saturated heterocycles. The van der Waals surface area contributed by atoms with Gasteiger partial charge in [0.2, 0.25) is 5.88 Å². The lowest BCUT2D eigenvalue weighted by molar-refractivity contribution is -0.0212. The summed E-state index contributed by atoms with van der Waals surface area (Å²) in [6.45, 7) is 2.69. The zero-order valence-corrected chi connectivity index (χ0v) is 17.8. The molecule has 2 aromatic heterocycles. The third-order valence-corrected chi connectivity index (χ3v) is 6.72. The van der Waals surface area contributed by atoms with Gasteiger partial charge in [0, 0.05) is 38.2 Å². The van der Waals surface area contributed by atoms with Gasteiger partial charge in [-0.25, -0.2) is 9.97 Å². The van der Waals surface area contributed by atoms with Gasteiger partial charge < -0.3 is 19.7 Å². The Morgan fingerprint density at radius 2 is 2.03 bits per heavy atom. The predicted molar refractivity (Wildman–Crippen MR) is 115 cm³/mol. The molecule has 0 radical (unpaired) electrons. The van der Waals surface area contributed by atoms with E-state index in [0.29, 0.717) is 29.3 Å². The molecule has 4 atom stereocenters. The smallest absolute Gasteiger partial charge is 0.270 e. The summed E-state index contributed by atoms with van der Waals surface area (Å²) in [5.74, 6) is 2.91. The average Bonchev–Trinajstić information content (AvgIpc) is 3.55. The number of aromatic nitrogens is 3. The number of methoxy groups -OCH3 is 1. The maximum atomic E-state index is 12.9. The van der Waals surface area contributed by atoms with Crippen LogP contribution in [-0.4, -0.2) is 59.8 Å². The normalized spacial score (nSPS) is 27.6. The van der Waals surface area contributed by atoms with Crippen LogP contribution in [0, 0.1) is 17.8 Å². The number of fused-ring (bicyclic) bond motifs is 1. The minimum absolute atomic E-state index is 0.0256. The van der Waals surface area contributed by atoms with E-state index in [-0.39, 0.29) is 18.1 Å². The van der Waals surface area contributed by atoms with Crippen molar-refractivity contribution >= 4 is 11.7 Å². The molecule has 0 bridgehead atoms. The van der Waals surface area contributed by atoms with Gasteiger partial charge in [0.15, 0.2) is 0 Å². The van der Waals surface area contributed by atoms with E-state index in [1.54, 1.807) is 37.7 Å². The molecular formula is C23H29N5O3. The number of pyridine rings is 1. The SMILES string of the molecule is COc1cccc(C(=O)N[C@H]2C[C@H]3CN(c4cnccn4)C[C@H]3C[C@@H]2OCC2CC2)n1. The summed E-state index contributed by atoms with van der Waals surface area (Å²) < 4.78 is 11.5. The first-order valence-corrected chi connectivity index (χ1v) is 11.1. The zero-order valence-electron chi connectivity index (χ0n) is 17.8. The summed E-state index contributed by atoms with van der Waals surface area (Å²) in [6, 6.07) is 5.22. The first-order valence-electron chi connectivity index (χ1n) is 11.1. The van der Waals surface area contributed by atoms with Gasteiger partial charge in [0.1, 0.15) is 11.5 Å². The Balaban J connectivity index is 1.29. The maximum Gasteiger partial charge on any atom is 0.270 e. The largest absolute Gasteiger partial charge is 0.481 e. The van der Waals surface area contributed by atoms with Crippen molar-refractivity contribution in [3.63, 3.8) is 0 Å². The van der Waals surface area contributed by atoms with Crippen LogP contribution in [-0.2, 0) is 4.74 Å². The molecule has 2 aliphatic carbocycles. The van der Waals surface area contributed by atoms with E-state index in [0.717, 1.165) is 38.4 Å². The summed E-state index contributed by atoms with van der Waals surface area (Å²) in [5, 5.41) is 3.22. The van der Waals surface area contributed by atoms with Crippen LogP contribution >= 0.6 is 0 Å². The van der Waals surface area contributed by atoms with Crippen LogP contribution in [0.3, 0.4) is 0 Å². The third kappa shape index (κ3) is 4.63. The molecule has 0 unspecified atom stereocenters. The van der Waals surface area contributed by atoms with Gasteiger partial charge in [0.05, 0.1) is 25.5 Å². The number of ether oxygens (including phenoxy) is 2. The van der Waals surface area contributed by atoms with Crippen molar-refractivity contribution < 1.29 is 14.3 Å². The molecule has 2 aromatic rings. The van der Waals surface area contributed by atoms with Crippen LogP contribution in [0.2, 0.25) is 0 Å². The molecule has 1 N–H and O–H groups in total. The number of nitrogens with zero attached hydrogens (tertiary/aromatic N) is 4. The van der Waals surface area contributed by atoms with Crippen molar-refractivity contribution in [1.29, 1.82) is 0 Å². The Bertz CT molecular complexity index is 907. The predicted octanol–water partition coefficient (Wildman–Crippen LogP) is 2.32. The molecule has 8 heteroatoms. The Labute approximate surface area is 182 Å². The molecule has 31 heavy (non-hydrogen) atoms. The lowest BCUT2D eigenvalue weighted by Crippen LogP contribution is -2.50. The van der Waals surface area contributed by atoms with Crippen LogP contribution in [0.25, 0.3) is 0 Å². The molecule has 3 heterocycles. The first kappa shape index (κ1) is 20.2. The molecular weight excluding hydrogens is 394 g/mol. The van der Waals surface area contributed by atoms with E-state index in [4.69, 9.17) is 9.47 Å². The molecule has 1 aliphatic heterocycles. The highest BCUT2D eigenvalue weighted by atomic mass is 16.5. The topological polar surface area (TPSA) is 89.5 Å². The number of rotatable bonds is 7. The fourth-order valence-corrected chi connectivity index (χ4v) is 4.83. The zero-order chi connectivity index (χ0) is 21.2. The number of amides is 1. The second kappa shape index (κ2) is 8.78. The summed E-state index contributed by atoms with van der Waals surface area (Å²) >= 11 is 0. The quantitative estimate of drug-likeness (QED) is 0.731. The van der Waals surface area contributed by atoms with Gasteiger partial charge in [-0.2, -0.15) is 0 Å². The van der Waals surface area contributed by atoms with Crippen LogP contribution in [0.15, 0.2) is 36.8 Å². The van der Waals surface area contributed by atoms with Gasteiger partial charge >= 0.3 is 0 Å².